The maximum Gasteiger partial charge on any atom is 0.230 e. The maximum absolute atomic E-state index is 13.2. The second-order valence-corrected chi connectivity index (χ2v) is 9.13. The minimum absolute atomic E-state index is 0.0557. The molecule has 0 bridgehead atoms. The quantitative estimate of drug-likeness (QED) is 0.676. The van der Waals surface area contributed by atoms with Crippen LogP contribution < -0.4 is 0 Å². The Hall–Kier alpha value is -3.39. The molecule has 0 aromatic carbocycles. The zero-order valence-corrected chi connectivity index (χ0v) is 18.1. The Balaban J connectivity index is 1.47. The zero-order chi connectivity index (χ0) is 22.1. The van der Waals surface area contributed by atoms with Gasteiger partial charge in [-0.25, -0.2) is 9.97 Å². The van der Waals surface area contributed by atoms with Gasteiger partial charge in [-0.05, 0) is 50.5 Å². The van der Waals surface area contributed by atoms with E-state index in [0.717, 1.165) is 66.4 Å². The Morgan fingerprint density at radius 2 is 1.94 bits per heavy atom. The number of aromatic nitrogens is 4. The fourth-order valence-corrected chi connectivity index (χ4v) is 5.40. The van der Waals surface area contributed by atoms with Crippen molar-refractivity contribution in [1.29, 1.82) is 10.5 Å². The molecule has 1 amide bonds. The van der Waals surface area contributed by atoms with Crippen molar-refractivity contribution >= 4 is 28.0 Å². The lowest BCUT2D eigenvalue weighted by Gasteiger charge is -2.31. The molecule has 3 aromatic heterocycles. The van der Waals surface area contributed by atoms with Gasteiger partial charge in [-0.1, -0.05) is 0 Å². The second kappa shape index (κ2) is 8.63. The molecule has 0 radical (unpaired) electrons. The molecule has 5 rings (SSSR count). The summed E-state index contributed by atoms with van der Waals surface area (Å²) in [6.45, 7) is 1.28. The maximum atomic E-state index is 13.2. The lowest BCUT2D eigenvalue weighted by molar-refractivity contribution is -0.131. The van der Waals surface area contributed by atoms with Gasteiger partial charge in [0.2, 0.25) is 5.91 Å². The highest BCUT2D eigenvalue weighted by Crippen LogP contribution is 2.38. The monoisotopic (exact) mass is 429 g/mol. The number of nitrogens with zero attached hydrogens (tertiary/aromatic N) is 6. The fraction of sp³-hybridized carbons (Fsp3) is 0.542. The van der Waals surface area contributed by atoms with Gasteiger partial charge in [0, 0.05) is 43.1 Å². The molecule has 1 saturated heterocycles. The van der Waals surface area contributed by atoms with Crippen molar-refractivity contribution in [2.45, 2.75) is 57.4 Å². The highest BCUT2D eigenvalue weighted by Gasteiger charge is 2.29. The first-order valence-corrected chi connectivity index (χ1v) is 11.5. The molecule has 0 atom stereocenters. The van der Waals surface area contributed by atoms with Crippen LogP contribution in [0.1, 0.15) is 56.8 Å². The number of nitrogens with one attached hydrogen (secondary N) is 1. The van der Waals surface area contributed by atoms with E-state index in [2.05, 4.69) is 26.7 Å². The summed E-state index contributed by atoms with van der Waals surface area (Å²) in [5, 5.41) is 19.2. The second-order valence-electron chi connectivity index (χ2n) is 9.13. The van der Waals surface area contributed by atoms with Crippen molar-refractivity contribution in [2.24, 2.45) is 11.8 Å². The number of pyridine rings is 1. The summed E-state index contributed by atoms with van der Waals surface area (Å²) in [5.41, 5.74) is 2.70. The number of piperidine rings is 1. The molecular formula is C24H27N7O. The van der Waals surface area contributed by atoms with Gasteiger partial charge < -0.3 is 14.5 Å². The Labute approximate surface area is 186 Å². The lowest BCUT2D eigenvalue weighted by atomic mass is 9.84. The van der Waals surface area contributed by atoms with Crippen molar-refractivity contribution in [2.75, 3.05) is 13.1 Å². The summed E-state index contributed by atoms with van der Waals surface area (Å²) >= 11 is 0. The number of likely N-dealkylation sites (tertiary alicyclic amines) is 1. The largest absolute Gasteiger partial charge is 0.346 e. The van der Waals surface area contributed by atoms with Crippen molar-refractivity contribution in [3.05, 3.63) is 24.3 Å². The van der Waals surface area contributed by atoms with Gasteiger partial charge in [-0.2, -0.15) is 10.5 Å². The third-order valence-electron chi connectivity index (χ3n) is 7.21. The smallest absolute Gasteiger partial charge is 0.230 e. The van der Waals surface area contributed by atoms with Crippen LogP contribution in [0.4, 0.5) is 0 Å². The van der Waals surface area contributed by atoms with Crippen LogP contribution in [0.15, 0.2) is 18.5 Å². The molecule has 32 heavy (non-hydrogen) atoms. The van der Waals surface area contributed by atoms with Crippen LogP contribution in [-0.2, 0) is 11.2 Å². The van der Waals surface area contributed by atoms with Gasteiger partial charge >= 0.3 is 0 Å². The van der Waals surface area contributed by atoms with Crippen molar-refractivity contribution in [3.8, 4) is 12.1 Å². The van der Waals surface area contributed by atoms with E-state index in [0.29, 0.717) is 25.4 Å². The van der Waals surface area contributed by atoms with E-state index in [1.54, 1.807) is 6.20 Å². The molecule has 0 unspecified atom stereocenters. The molecule has 4 heterocycles. The SMILES string of the molecule is N#CCC1CCC(n2c(CC(=O)N3CCC(C#N)CC3)nc3cnc4[nH]ccc4c32)CC1. The minimum Gasteiger partial charge on any atom is -0.346 e. The Morgan fingerprint density at radius 3 is 2.66 bits per heavy atom. The van der Waals surface area contributed by atoms with Crippen LogP contribution >= 0.6 is 0 Å². The van der Waals surface area contributed by atoms with E-state index in [-0.39, 0.29) is 24.3 Å². The molecule has 1 N–H and O–H groups in total. The number of nitriles is 2. The summed E-state index contributed by atoms with van der Waals surface area (Å²) < 4.78 is 2.29. The summed E-state index contributed by atoms with van der Waals surface area (Å²) in [6, 6.07) is 6.94. The van der Waals surface area contributed by atoms with E-state index < -0.39 is 0 Å². The van der Waals surface area contributed by atoms with E-state index >= 15 is 0 Å². The van der Waals surface area contributed by atoms with Crippen molar-refractivity contribution in [3.63, 3.8) is 0 Å². The molecule has 3 aromatic rings. The predicted octanol–water partition coefficient (Wildman–Crippen LogP) is 3.86. The number of imidazole rings is 1. The summed E-state index contributed by atoms with van der Waals surface area (Å²) in [5.74, 6) is 1.40. The van der Waals surface area contributed by atoms with Gasteiger partial charge in [0.05, 0.1) is 30.3 Å². The van der Waals surface area contributed by atoms with Crippen LogP contribution in [0.3, 0.4) is 0 Å². The topological polar surface area (TPSA) is 114 Å². The Bertz CT molecular complexity index is 1210. The number of rotatable bonds is 4. The van der Waals surface area contributed by atoms with E-state index in [1.165, 1.54) is 0 Å². The molecule has 2 fully saturated rings. The number of hydrogen-bond donors (Lipinski definition) is 1. The number of carbonyl (C=O) groups is 1. The highest BCUT2D eigenvalue weighted by molar-refractivity contribution is 6.01. The average Bonchev–Trinajstić information content (AvgIpc) is 3.44. The van der Waals surface area contributed by atoms with Crippen molar-refractivity contribution < 1.29 is 4.79 Å². The lowest BCUT2D eigenvalue weighted by Crippen LogP contribution is -2.39. The molecule has 1 saturated carbocycles. The molecule has 1 aliphatic carbocycles. The normalized spacial score (nSPS) is 22.1. The number of H-pyrrole nitrogens is 1. The van der Waals surface area contributed by atoms with Gasteiger partial charge in [0.25, 0.3) is 0 Å². The van der Waals surface area contributed by atoms with Crippen LogP contribution in [0.2, 0.25) is 0 Å². The minimum atomic E-state index is 0.0557. The molecular weight excluding hydrogens is 402 g/mol. The molecule has 8 nitrogen and oxygen atoms in total. The molecule has 0 spiro atoms. The summed E-state index contributed by atoms with van der Waals surface area (Å²) in [7, 11) is 0. The zero-order valence-electron chi connectivity index (χ0n) is 18.1. The van der Waals surface area contributed by atoms with E-state index in [4.69, 9.17) is 15.5 Å². The fourth-order valence-electron chi connectivity index (χ4n) is 5.40. The molecule has 8 heteroatoms. The van der Waals surface area contributed by atoms with Crippen LogP contribution in [-0.4, -0.2) is 43.4 Å². The predicted molar refractivity (Wildman–Crippen MR) is 119 cm³/mol. The number of hydrogen-bond acceptors (Lipinski definition) is 5. The Kier molecular flexibility index (Phi) is 5.53. The number of carbonyl (C=O) groups excluding carboxylic acids is 1. The number of fused-ring (bicyclic) bond motifs is 3. The first kappa shape index (κ1) is 20.5. The highest BCUT2D eigenvalue weighted by atomic mass is 16.2. The first-order chi connectivity index (χ1) is 15.7. The van der Waals surface area contributed by atoms with Gasteiger partial charge in [0.15, 0.2) is 0 Å². The average molecular weight is 430 g/mol. The van der Waals surface area contributed by atoms with Gasteiger partial charge in [-0.15, -0.1) is 0 Å². The standard InChI is InChI=1S/C24H27N7O/c25-9-5-16-1-3-18(4-2-16)31-21(13-22(32)30-11-7-17(14-26)8-12-30)29-20-15-28-24-19(23(20)31)6-10-27-24/h6,10,15-18H,1-5,7-8,11-13H2,(H,27,28). The molecule has 2 aliphatic rings. The van der Waals surface area contributed by atoms with E-state index in [1.807, 2.05) is 17.2 Å². The Morgan fingerprint density at radius 1 is 1.16 bits per heavy atom. The molecule has 164 valence electrons. The van der Waals surface area contributed by atoms with Crippen LogP contribution in [0, 0.1) is 34.5 Å². The number of amides is 1. The number of aromatic amines is 1. The van der Waals surface area contributed by atoms with Gasteiger partial charge in [0.1, 0.15) is 17.0 Å². The van der Waals surface area contributed by atoms with Crippen LogP contribution in [0.5, 0.6) is 0 Å². The third kappa shape index (κ3) is 3.71. The van der Waals surface area contributed by atoms with E-state index in [9.17, 15) is 4.79 Å². The first-order valence-electron chi connectivity index (χ1n) is 11.5. The van der Waals surface area contributed by atoms with Crippen LogP contribution in [0.25, 0.3) is 22.1 Å². The third-order valence-corrected chi connectivity index (χ3v) is 7.21. The summed E-state index contributed by atoms with van der Waals surface area (Å²) in [6.07, 6.45) is 10.1. The molecule has 1 aliphatic heterocycles. The van der Waals surface area contributed by atoms with Crippen molar-refractivity contribution in [1.82, 2.24) is 24.4 Å². The van der Waals surface area contributed by atoms with Gasteiger partial charge in [-0.3, -0.25) is 4.79 Å². The summed E-state index contributed by atoms with van der Waals surface area (Å²) in [4.78, 5) is 27.6.